The number of azo groups is 2. The number of nitrogens with zero attached hydrogens (tertiary/aromatic N) is 4. The molecular weight excluding hydrogens is 248 g/mol. The molecule has 92 valence electrons. The zero-order chi connectivity index (χ0) is 12.1. The van der Waals surface area contributed by atoms with E-state index in [1.807, 2.05) is 0 Å². The Morgan fingerprint density at radius 1 is 0.941 bits per heavy atom. The molecule has 0 bridgehead atoms. The molecule has 0 spiro atoms. The van der Waals surface area contributed by atoms with Gasteiger partial charge >= 0.3 is 12.2 Å². The second-order valence-electron chi connectivity index (χ2n) is 3.30. The second-order valence-corrected chi connectivity index (χ2v) is 4.52. The highest BCUT2D eigenvalue weighted by Crippen LogP contribution is 2.17. The third-order valence-electron chi connectivity index (χ3n) is 2.03. The molecule has 0 aromatic carbocycles. The van der Waals surface area contributed by atoms with Crippen molar-refractivity contribution < 1.29 is 19.1 Å². The lowest BCUT2D eigenvalue weighted by Gasteiger charge is -2.06. The summed E-state index contributed by atoms with van der Waals surface area (Å²) in [6, 6.07) is 0. The van der Waals surface area contributed by atoms with Crippen molar-refractivity contribution in [2.45, 2.75) is 25.3 Å². The van der Waals surface area contributed by atoms with Gasteiger partial charge in [-0.25, -0.2) is 9.59 Å². The smallest absolute Gasteiger partial charge is 0.419 e. The quantitative estimate of drug-likeness (QED) is 0.680. The lowest BCUT2D eigenvalue weighted by atomic mass is 10.4. The molecule has 0 N–H and O–H groups in total. The fraction of sp³-hybridized carbons (Fsp3) is 0.750. The monoisotopic (exact) mass is 258 g/mol. The SMILES string of the molecule is O=C1N=NC(CCSCCC2N=NC(=O)O2)O1. The van der Waals surface area contributed by atoms with Gasteiger partial charge in [-0.15, -0.1) is 10.2 Å². The number of hydrogen-bond donors (Lipinski definition) is 0. The minimum absolute atomic E-state index is 0.445. The van der Waals surface area contributed by atoms with E-state index < -0.39 is 24.6 Å². The fourth-order valence-corrected chi connectivity index (χ4v) is 2.19. The Morgan fingerprint density at radius 2 is 1.41 bits per heavy atom. The van der Waals surface area contributed by atoms with E-state index >= 15 is 0 Å². The lowest BCUT2D eigenvalue weighted by molar-refractivity contribution is 0.130. The van der Waals surface area contributed by atoms with Crippen molar-refractivity contribution in [1.29, 1.82) is 0 Å². The molecule has 2 aliphatic heterocycles. The molecular formula is C8H10N4O4S. The molecule has 8 nitrogen and oxygen atoms in total. The third kappa shape index (κ3) is 3.77. The van der Waals surface area contributed by atoms with Gasteiger partial charge in [0.2, 0.25) is 12.5 Å². The number of carbonyl (C=O) groups is 2. The van der Waals surface area contributed by atoms with Crippen LogP contribution < -0.4 is 0 Å². The number of hydrogen-bond acceptors (Lipinski definition) is 7. The molecule has 9 heteroatoms. The van der Waals surface area contributed by atoms with Crippen molar-refractivity contribution in [1.82, 2.24) is 0 Å². The number of carbonyl (C=O) groups excluding carboxylic acids is 2. The van der Waals surface area contributed by atoms with E-state index in [-0.39, 0.29) is 0 Å². The van der Waals surface area contributed by atoms with Gasteiger partial charge in [0.25, 0.3) is 0 Å². The molecule has 2 heterocycles. The van der Waals surface area contributed by atoms with Gasteiger partial charge in [0.05, 0.1) is 0 Å². The summed E-state index contributed by atoms with van der Waals surface area (Å²) >= 11 is 1.64. The Bertz CT molecular complexity index is 339. The summed E-state index contributed by atoms with van der Waals surface area (Å²) in [7, 11) is 0. The maximum Gasteiger partial charge on any atom is 0.454 e. The van der Waals surface area contributed by atoms with E-state index in [2.05, 4.69) is 20.5 Å². The Morgan fingerprint density at radius 3 is 1.76 bits per heavy atom. The Balaban J connectivity index is 1.49. The van der Waals surface area contributed by atoms with Gasteiger partial charge in [0.15, 0.2) is 0 Å². The molecule has 0 saturated heterocycles. The first kappa shape index (κ1) is 12.0. The predicted molar refractivity (Wildman–Crippen MR) is 56.8 cm³/mol. The largest absolute Gasteiger partial charge is 0.454 e. The molecule has 0 aromatic rings. The van der Waals surface area contributed by atoms with Crippen LogP contribution in [0.3, 0.4) is 0 Å². The predicted octanol–water partition coefficient (Wildman–Crippen LogP) is 2.36. The standard InChI is InChI=1S/C8H10N4O4S/c13-7-11-9-5(15-7)1-3-17-4-2-6-10-12-8(14)16-6/h5-6H,1-4H2. The number of amides is 2. The minimum Gasteiger partial charge on any atom is -0.419 e. The third-order valence-corrected chi connectivity index (χ3v) is 3.08. The van der Waals surface area contributed by atoms with E-state index in [0.29, 0.717) is 12.8 Å². The van der Waals surface area contributed by atoms with E-state index in [4.69, 9.17) is 9.47 Å². The summed E-state index contributed by atoms with van der Waals surface area (Å²) in [6.07, 6.45) is -0.882. The highest BCUT2D eigenvalue weighted by molar-refractivity contribution is 7.99. The van der Waals surface area contributed by atoms with Crippen LogP contribution in [0.25, 0.3) is 0 Å². The Kier molecular flexibility index (Phi) is 4.02. The first-order chi connectivity index (χ1) is 8.24. The summed E-state index contributed by atoms with van der Waals surface area (Å²) in [5.74, 6) is 1.57. The highest BCUT2D eigenvalue weighted by Gasteiger charge is 2.21. The van der Waals surface area contributed by atoms with Crippen LogP contribution in [0.4, 0.5) is 9.59 Å². The van der Waals surface area contributed by atoms with Crippen LogP contribution in [0.15, 0.2) is 20.5 Å². The normalized spacial score (nSPS) is 26.4. The van der Waals surface area contributed by atoms with Gasteiger partial charge in [-0.1, -0.05) is 10.2 Å². The minimum atomic E-state index is -0.627. The average molecular weight is 258 g/mol. The molecule has 2 rings (SSSR count). The van der Waals surface area contributed by atoms with Gasteiger partial charge in [0, 0.05) is 12.8 Å². The van der Waals surface area contributed by atoms with Crippen LogP contribution >= 0.6 is 11.8 Å². The van der Waals surface area contributed by atoms with Gasteiger partial charge < -0.3 is 9.47 Å². The molecule has 2 aliphatic rings. The average Bonchev–Trinajstić information content (AvgIpc) is 2.88. The number of ether oxygens (including phenoxy) is 2. The molecule has 0 aliphatic carbocycles. The fourth-order valence-electron chi connectivity index (χ4n) is 1.25. The van der Waals surface area contributed by atoms with E-state index in [0.717, 1.165) is 11.5 Å². The molecule has 2 atom stereocenters. The Labute approximate surface area is 101 Å². The summed E-state index contributed by atoms with van der Waals surface area (Å²) in [4.78, 5) is 21.2. The van der Waals surface area contributed by atoms with Crippen molar-refractivity contribution in [3.63, 3.8) is 0 Å². The van der Waals surface area contributed by atoms with Crippen molar-refractivity contribution in [3.8, 4) is 0 Å². The number of cyclic esters (lactones) is 2. The summed E-state index contributed by atoms with van der Waals surface area (Å²) in [5.41, 5.74) is 0. The number of thioether (sulfide) groups is 1. The first-order valence-corrected chi connectivity index (χ1v) is 6.20. The molecule has 2 amide bonds. The van der Waals surface area contributed by atoms with Gasteiger partial charge in [0.1, 0.15) is 0 Å². The second kappa shape index (κ2) is 5.71. The maximum absolute atomic E-state index is 10.6. The molecule has 17 heavy (non-hydrogen) atoms. The zero-order valence-corrected chi connectivity index (χ0v) is 9.63. The topological polar surface area (TPSA) is 102 Å². The van der Waals surface area contributed by atoms with E-state index in [9.17, 15) is 9.59 Å². The van der Waals surface area contributed by atoms with Crippen LogP contribution in [0.2, 0.25) is 0 Å². The molecule has 0 fully saturated rings. The zero-order valence-electron chi connectivity index (χ0n) is 8.81. The maximum atomic E-state index is 10.6. The molecule has 2 unspecified atom stereocenters. The number of rotatable bonds is 6. The summed E-state index contributed by atoms with van der Waals surface area (Å²) in [5, 5.41) is 13.8. The Hall–Kier alpha value is -1.51. The molecule has 0 radical (unpaired) electrons. The van der Waals surface area contributed by atoms with E-state index in [1.165, 1.54) is 0 Å². The van der Waals surface area contributed by atoms with Gasteiger partial charge in [-0.05, 0) is 11.5 Å². The summed E-state index contributed by atoms with van der Waals surface area (Å²) < 4.78 is 9.53. The highest BCUT2D eigenvalue weighted by atomic mass is 32.2. The van der Waals surface area contributed by atoms with Gasteiger partial charge in [-0.3, -0.25) is 0 Å². The molecule has 0 saturated carbocycles. The van der Waals surface area contributed by atoms with Crippen LogP contribution in [-0.2, 0) is 9.47 Å². The van der Waals surface area contributed by atoms with Crippen molar-refractivity contribution >= 4 is 23.9 Å². The van der Waals surface area contributed by atoms with Gasteiger partial charge in [-0.2, -0.15) is 11.8 Å². The van der Waals surface area contributed by atoms with Crippen LogP contribution in [0.5, 0.6) is 0 Å². The lowest BCUT2D eigenvalue weighted by Crippen LogP contribution is -2.09. The van der Waals surface area contributed by atoms with Crippen LogP contribution in [0, 0.1) is 0 Å². The molecule has 0 aromatic heterocycles. The van der Waals surface area contributed by atoms with Crippen molar-refractivity contribution in [3.05, 3.63) is 0 Å². The van der Waals surface area contributed by atoms with Crippen molar-refractivity contribution in [2.24, 2.45) is 20.5 Å². The first-order valence-electron chi connectivity index (χ1n) is 5.05. The van der Waals surface area contributed by atoms with Crippen LogP contribution in [0.1, 0.15) is 12.8 Å². The van der Waals surface area contributed by atoms with E-state index in [1.54, 1.807) is 11.8 Å². The van der Waals surface area contributed by atoms with Crippen molar-refractivity contribution in [2.75, 3.05) is 11.5 Å². The summed E-state index contributed by atoms with van der Waals surface area (Å²) in [6.45, 7) is 0. The van der Waals surface area contributed by atoms with Crippen LogP contribution in [-0.4, -0.2) is 36.1 Å².